The van der Waals surface area contributed by atoms with Crippen LogP contribution >= 0.6 is 0 Å². The zero-order valence-electron chi connectivity index (χ0n) is 10.7. The average molecular weight is 234 g/mol. The van der Waals surface area contributed by atoms with Crippen LogP contribution in [0.4, 0.5) is 0 Å². The van der Waals surface area contributed by atoms with Crippen LogP contribution in [-0.2, 0) is 4.79 Å². The lowest BCUT2D eigenvalue weighted by Gasteiger charge is -2.25. The molecule has 0 aliphatic rings. The first-order valence-electron chi connectivity index (χ1n) is 5.94. The zero-order valence-corrected chi connectivity index (χ0v) is 10.7. The second-order valence-electron chi connectivity index (χ2n) is 4.11. The SMILES string of the molecule is CC(=O)O.CCCCC(O)(CO)CCCC. The number of aliphatic hydroxyl groups is 2. The first kappa shape index (κ1) is 17.8. The molecule has 98 valence electrons. The van der Waals surface area contributed by atoms with E-state index < -0.39 is 11.6 Å². The van der Waals surface area contributed by atoms with Crippen molar-refractivity contribution in [3.05, 3.63) is 0 Å². The first-order valence-corrected chi connectivity index (χ1v) is 5.94. The van der Waals surface area contributed by atoms with Crippen molar-refractivity contribution < 1.29 is 20.1 Å². The van der Waals surface area contributed by atoms with Gasteiger partial charge in [-0.3, -0.25) is 4.79 Å². The lowest BCUT2D eigenvalue weighted by atomic mass is 9.92. The topological polar surface area (TPSA) is 77.8 Å². The van der Waals surface area contributed by atoms with E-state index in [9.17, 15) is 5.11 Å². The van der Waals surface area contributed by atoms with Crippen LogP contribution < -0.4 is 0 Å². The molecule has 0 radical (unpaired) electrons. The highest BCUT2D eigenvalue weighted by Gasteiger charge is 2.23. The van der Waals surface area contributed by atoms with Crippen molar-refractivity contribution in [2.75, 3.05) is 6.61 Å². The molecule has 0 saturated heterocycles. The number of aliphatic hydroxyl groups excluding tert-OH is 1. The van der Waals surface area contributed by atoms with Gasteiger partial charge in [-0.15, -0.1) is 0 Å². The van der Waals surface area contributed by atoms with Gasteiger partial charge in [0.2, 0.25) is 0 Å². The second kappa shape index (κ2) is 10.9. The summed E-state index contributed by atoms with van der Waals surface area (Å²) < 4.78 is 0. The molecule has 3 N–H and O–H groups in total. The van der Waals surface area contributed by atoms with Crippen molar-refractivity contribution in [3.63, 3.8) is 0 Å². The van der Waals surface area contributed by atoms with Gasteiger partial charge in [-0.05, 0) is 12.8 Å². The first-order chi connectivity index (χ1) is 7.41. The summed E-state index contributed by atoms with van der Waals surface area (Å²) >= 11 is 0. The van der Waals surface area contributed by atoms with E-state index in [0.29, 0.717) is 0 Å². The Morgan fingerprint density at radius 2 is 1.44 bits per heavy atom. The molecule has 0 heterocycles. The maximum atomic E-state index is 9.83. The number of carboxylic acids is 1. The third-order valence-electron chi connectivity index (χ3n) is 2.29. The molecule has 4 heteroatoms. The predicted octanol–water partition coefficient (Wildman–Crippen LogP) is 2.18. The monoisotopic (exact) mass is 234 g/mol. The quantitative estimate of drug-likeness (QED) is 0.631. The molecule has 0 rings (SSSR count). The van der Waals surface area contributed by atoms with Gasteiger partial charge in [0.25, 0.3) is 5.97 Å². The normalized spacial score (nSPS) is 10.6. The summed E-state index contributed by atoms with van der Waals surface area (Å²) in [4.78, 5) is 9.00. The third-order valence-corrected chi connectivity index (χ3v) is 2.29. The Balaban J connectivity index is 0. The largest absolute Gasteiger partial charge is 0.481 e. The molecule has 0 aliphatic carbocycles. The molecule has 16 heavy (non-hydrogen) atoms. The van der Waals surface area contributed by atoms with Crippen molar-refractivity contribution >= 4 is 5.97 Å². The minimum atomic E-state index is -0.833. The smallest absolute Gasteiger partial charge is 0.300 e. The van der Waals surface area contributed by atoms with Gasteiger partial charge < -0.3 is 15.3 Å². The van der Waals surface area contributed by atoms with E-state index in [1.807, 2.05) is 0 Å². The minimum absolute atomic E-state index is 0.0903. The van der Waals surface area contributed by atoms with E-state index in [2.05, 4.69) is 13.8 Å². The highest BCUT2D eigenvalue weighted by molar-refractivity contribution is 5.62. The molecule has 0 aromatic carbocycles. The molecule has 0 aromatic rings. The Bertz CT molecular complexity index is 156. The van der Waals surface area contributed by atoms with E-state index in [4.69, 9.17) is 15.0 Å². The Labute approximate surface area is 98.3 Å². The molecule has 0 saturated carbocycles. The standard InChI is InChI=1S/C10H22O2.C2H4O2/c1-3-5-7-10(12,9-11)8-6-4-2;1-2(3)4/h11-12H,3-9H2,1-2H3;1H3,(H,3,4). The van der Waals surface area contributed by atoms with E-state index >= 15 is 0 Å². The zero-order chi connectivity index (χ0) is 13.0. The van der Waals surface area contributed by atoms with Crippen molar-refractivity contribution in [1.82, 2.24) is 0 Å². The van der Waals surface area contributed by atoms with Gasteiger partial charge in [0, 0.05) is 6.92 Å². The molecular weight excluding hydrogens is 208 g/mol. The fourth-order valence-corrected chi connectivity index (χ4v) is 1.29. The van der Waals surface area contributed by atoms with Crippen LogP contribution in [0.15, 0.2) is 0 Å². The van der Waals surface area contributed by atoms with Crippen LogP contribution in [0.1, 0.15) is 59.3 Å². The number of rotatable bonds is 7. The Kier molecular flexibility index (Phi) is 12.1. The van der Waals surface area contributed by atoms with Gasteiger partial charge >= 0.3 is 0 Å². The maximum absolute atomic E-state index is 9.83. The molecule has 0 aliphatic heterocycles. The third kappa shape index (κ3) is 13.4. The fourth-order valence-electron chi connectivity index (χ4n) is 1.29. The Morgan fingerprint density at radius 3 is 1.62 bits per heavy atom. The summed E-state index contributed by atoms with van der Waals surface area (Å²) in [6.07, 6.45) is 5.63. The van der Waals surface area contributed by atoms with Crippen LogP contribution in [0.2, 0.25) is 0 Å². The van der Waals surface area contributed by atoms with Crippen LogP contribution in [0.3, 0.4) is 0 Å². The fraction of sp³-hybridized carbons (Fsp3) is 0.917. The summed E-state index contributed by atoms with van der Waals surface area (Å²) in [6, 6.07) is 0. The molecule has 0 amide bonds. The summed E-state index contributed by atoms with van der Waals surface area (Å²) in [6.45, 7) is 5.18. The van der Waals surface area contributed by atoms with Crippen molar-refractivity contribution in [2.45, 2.75) is 64.9 Å². The van der Waals surface area contributed by atoms with Gasteiger partial charge in [-0.25, -0.2) is 0 Å². The summed E-state index contributed by atoms with van der Waals surface area (Å²) in [5.41, 5.74) is -0.800. The van der Waals surface area contributed by atoms with Gasteiger partial charge in [0.05, 0.1) is 12.2 Å². The number of carbonyl (C=O) groups is 1. The van der Waals surface area contributed by atoms with Crippen LogP contribution in [-0.4, -0.2) is 33.5 Å². The highest BCUT2D eigenvalue weighted by Crippen LogP contribution is 2.20. The molecule has 0 aromatic heterocycles. The molecule has 0 atom stereocenters. The summed E-state index contributed by atoms with van der Waals surface area (Å²) in [5, 5.41) is 26.2. The lowest BCUT2D eigenvalue weighted by Crippen LogP contribution is -2.32. The van der Waals surface area contributed by atoms with Gasteiger partial charge in [0.15, 0.2) is 0 Å². The predicted molar refractivity (Wildman–Crippen MR) is 64.4 cm³/mol. The van der Waals surface area contributed by atoms with E-state index in [0.717, 1.165) is 45.4 Å². The van der Waals surface area contributed by atoms with Gasteiger partial charge in [-0.2, -0.15) is 0 Å². The van der Waals surface area contributed by atoms with Crippen molar-refractivity contribution in [1.29, 1.82) is 0 Å². The van der Waals surface area contributed by atoms with Gasteiger partial charge in [-0.1, -0.05) is 39.5 Å². The van der Waals surface area contributed by atoms with E-state index in [-0.39, 0.29) is 6.61 Å². The van der Waals surface area contributed by atoms with Crippen LogP contribution in [0.5, 0.6) is 0 Å². The molecular formula is C12H26O4. The highest BCUT2D eigenvalue weighted by atomic mass is 16.4. The van der Waals surface area contributed by atoms with Crippen LogP contribution in [0.25, 0.3) is 0 Å². The summed E-state index contributed by atoms with van der Waals surface area (Å²) in [5.74, 6) is -0.833. The van der Waals surface area contributed by atoms with E-state index in [1.165, 1.54) is 0 Å². The average Bonchev–Trinajstić information content (AvgIpc) is 2.23. The van der Waals surface area contributed by atoms with E-state index in [1.54, 1.807) is 0 Å². The number of carboxylic acid groups (broad SMARTS) is 1. The van der Waals surface area contributed by atoms with Crippen molar-refractivity contribution in [3.8, 4) is 0 Å². The Hall–Kier alpha value is -0.610. The maximum Gasteiger partial charge on any atom is 0.300 e. The van der Waals surface area contributed by atoms with Crippen molar-refractivity contribution in [2.24, 2.45) is 0 Å². The minimum Gasteiger partial charge on any atom is -0.481 e. The molecule has 0 fully saturated rings. The summed E-state index contributed by atoms with van der Waals surface area (Å²) in [7, 11) is 0. The number of aliphatic carboxylic acids is 1. The second-order valence-corrected chi connectivity index (χ2v) is 4.11. The number of hydrogen-bond donors (Lipinski definition) is 3. The number of unbranched alkanes of at least 4 members (excludes halogenated alkanes) is 2. The Morgan fingerprint density at radius 1 is 1.12 bits per heavy atom. The number of hydrogen-bond acceptors (Lipinski definition) is 3. The molecule has 0 unspecified atom stereocenters. The molecule has 0 spiro atoms. The molecule has 0 bridgehead atoms. The van der Waals surface area contributed by atoms with Crippen LogP contribution in [0, 0.1) is 0 Å². The van der Waals surface area contributed by atoms with Gasteiger partial charge in [0.1, 0.15) is 0 Å². The lowest BCUT2D eigenvalue weighted by molar-refractivity contribution is -0.134. The molecule has 4 nitrogen and oxygen atoms in total.